The molecule has 2 heterocycles. The highest BCUT2D eigenvalue weighted by atomic mass is 35.5. The second-order valence-electron chi connectivity index (χ2n) is 5.80. The quantitative estimate of drug-likeness (QED) is 0.752. The lowest BCUT2D eigenvalue weighted by atomic mass is 9.93. The van der Waals surface area contributed by atoms with Crippen LogP contribution in [0.25, 0.3) is 11.4 Å². The number of carbonyl (C=O) groups is 1. The number of hydrogen-bond acceptors (Lipinski definition) is 3. The smallest absolute Gasteiger partial charge is 0.224 e. The first-order valence-electron chi connectivity index (χ1n) is 7.91. The minimum absolute atomic E-state index is 0. The predicted octanol–water partition coefficient (Wildman–Crippen LogP) is 3.64. The van der Waals surface area contributed by atoms with Crippen LogP contribution in [0.2, 0.25) is 0 Å². The molecule has 0 saturated carbocycles. The average molecular weight is 371 g/mol. The Morgan fingerprint density at radius 3 is 2.75 bits per heavy atom. The van der Waals surface area contributed by atoms with Gasteiger partial charge in [0.05, 0.1) is 0 Å². The largest absolute Gasteiger partial charge is 0.345 e. The molecule has 1 aliphatic heterocycles. The van der Waals surface area contributed by atoms with Crippen LogP contribution in [-0.4, -0.2) is 29.0 Å². The SMILES string of the molecule is Cl.Cl.O=C(CCC1CCNCC1)Nc1cccc(-c2ncc[nH]2)c1. The number of nitrogens with one attached hydrogen (secondary N) is 3. The molecule has 24 heavy (non-hydrogen) atoms. The Morgan fingerprint density at radius 1 is 1.25 bits per heavy atom. The van der Waals surface area contributed by atoms with E-state index in [-0.39, 0.29) is 30.7 Å². The maximum Gasteiger partial charge on any atom is 0.224 e. The minimum atomic E-state index is 0. The fourth-order valence-electron chi connectivity index (χ4n) is 2.90. The zero-order valence-corrected chi connectivity index (χ0v) is 15.1. The monoisotopic (exact) mass is 370 g/mol. The Morgan fingerprint density at radius 2 is 2.04 bits per heavy atom. The highest BCUT2D eigenvalue weighted by Crippen LogP contribution is 2.21. The van der Waals surface area contributed by atoms with Crippen molar-refractivity contribution in [3.63, 3.8) is 0 Å². The van der Waals surface area contributed by atoms with E-state index in [1.54, 1.807) is 12.4 Å². The number of rotatable bonds is 5. The van der Waals surface area contributed by atoms with Crippen molar-refractivity contribution in [2.75, 3.05) is 18.4 Å². The molecule has 3 rings (SSSR count). The van der Waals surface area contributed by atoms with Gasteiger partial charge in [0.1, 0.15) is 5.82 Å². The molecule has 0 spiro atoms. The van der Waals surface area contributed by atoms with E-state index in [0.717, 1.165) is 36.6 Å². The van der Waals surface area contributed by atoms with Crippen molar-refractivity contribution in [1.29, 1.82) is 0 Å². The number of H-pyrrole nitrogens is 1. The van der Waals surface area contributed by atoms with E-state index >= 15 is 0 Å². The first-order chi connectivity index (χ1) is 10.8. The van der Waals surface area contributed by atoms with Crippen LogP contribution in [0.1, 0.15) is 25.7 Å². The summed E-state index contributed by atoms with van der Waals surface area (Å²) in [6.07, 6.45) is 7.45. The number of aromatic nitrogens is 2. The molecule has 1 aromatic heterocycles. The number of benzene rings is 1. The van der Waals surface area contributed by atoms with E-state index in [9.17, 15) is 4.79 Å². The number of hydrogen-bond donors (Lipinski definition) is 3. The molecule has 0 aliphatic carbocycles. The molecule has 1 aliphatic rings. The van der Waals surface area contributed by atoms with E-state index in [1.807, 2.05) is 24.3 Å². The van der Waals surface area contributed by atoms with Crippen molar-refractivity contribution >= 4 is 36.4 Å². The Balaban J connectivity index is 0.00000144. The lowest BCUT2D eigenvalue weighted by Gasteiger charge is -2.22. The average Bonchev–Trinajstić information content (AvgIpc) is 3.09. The molecule has 1 amide bonds. The number of aromatic amines is 1. The van der Waals surface area contributed by atoms with Gasteiger partial charge in [-0.15, -0.1) is 24.8 Å². The van der Waals surface area contributed by atoms with Crippen molar-refractivity contribution in [3.8, 4) is 11.4 Å². The molecule has 0 bridgehead atoms. The van der Waals surface area contributed by atoms with Crippen LogP contribution in [0.3, 0.4) is 0 Å². The van der Waals surface area contributed by atoms with Crippen molar-refractivity contribution in [1.82, 2.24) is 15.3 Å². The van der Waals surface area contributed by atoms with Gasteiger partial charge < -0.3 is 15.6 Å². The van der Waals surface area contributed by atoms with Gasteiger partial charge in [-0.2, -0.15) is 0 Å². The fraction of sp³-hybridized carbons (Fsp3) is 0.412. The normalized spacial score (nSPS) is 14.3. The van der Waals surface area contributed by atoms with Gasteiger partial charge in [-0.05, 0) is 50.4 Å². The summed E-state index contributed by atoms with van der Waals surface area (Å²) in [5.74, 6) is 1.59. The van der Waals surface area contributed by atoms with Crippen molar-refractivity contribution in [2.45, 2.75) is 25.7 Å². The first kappa shape index (κ1) is 20.5. The van der Waals surface area contributed by atoms with Gasteiger partial charge in [0.15, 0.2) is 0 Å². The van der Waals surface area contributed by atoms with Crippen LogP contribution in [0, 0.1) is 5.92 Å². The lowest BCUT2D eigenvalue weighted by Crippen LogP contribution is -2.28. The molecule has 5 nitrogen and oxygen atoms in total. The number of piperidine rings is 1. The molecule has 7 heteroatoms. The minimum Gasteiger partial charge on any atom is -0.345 e. The molecule has 3 N–H and O–H groups in total. The van der Waals surface area contributed by atoms with E-state index in [0.29, 0.717) is 12.3 Å². The molecule has 0 unspecified atom stereocenters. The molecule has 1 fully saturated rings. The fourth-order valence-corrected chi connectivity index (χ4v) is 2.90. The van der Waals surface area contributed by atoms with Crippen LogP contribution in [0.4, 0.5) is 5.69 Å². The van der Waals surface area contributed by atoms with Gasteiger partial charge >= 0.3 is 0 Å². The molecular formula is C17H24Cl2N4O. The molecule has 132 valence electrons. The maximum atomic E-state index is 12.1. The summed E-state index contributed by atoms with van der Waals surface area (Å²) in [4.78, 5) is 19.4. The zero-order valence-electron chi connectivity index (χ0n) is 13.5. The van der Waals surface area contributed by atoms with Crippen molar-refractivity contribution < 1.29 is 4.79 Å². The maximum absolute atomic E-state index is 12.1. The Labute approximate surface area is 154 Å². The Bertz CT molecular complexity index is 613. The van der Waals surface area contributed by atoms with Crippen molar-refractivity contribution in [3.05, 3.63) is 36.7 Å². The molecular weight excluding hydrogens is 347 g/mol. The van der Waals surface area contributed by atoms with Gasteiger partial charge in [-0.3, -0.25) is 4.79 Å². The Kier molecular flexibility index (Phi) is 8.82. The number of carbonyl (C=O) groups excluding carboxylic acids is 1. The molecule has 2 aromatic rings. The van der Waals surface area contributed by atoms with Gasteiger partial charge in [0.2, 0.25) is 5.91 Å². The zero-order chi connectivity index (χ0) is 15.2. The van der Waals surface area contributed by atoms with Crippen LogP contribution in [0.15, 0.2) is 36.7 Å². The van der Waals surface area contributed by atoms with E-state index in [4.69, 9.17) is 0 Å². The third-order valence-electron chi connectivity index (χ3n) is 4.16. The second-order valence-corrected chi connectivity index (χ2v) is 5.80. The summed E-state index contributed by atoms with van der Waals surface area (Å²) in [7, 11) is 0. The standard InChI is InChI=1S/C17H22N4O.2ClH/c22-16(5-4-13-6-8-18-9-7-13)21-15-3-1-2-14(12-15)17-19-10-11-20-17;;/h1-3,10-13,18H,4-9H2,(H,19,20)(H,21,22);2*1H. The predicted molar refractivity (Wildman–Crippen MR) is 102 cm³/mol. The van der Waals surface area contributed by atoms with Gasteiger partial charge in [-0.25, -0.2) is 4.98 Å². The van der Waals surface area contributed by atoms with Crippen LogP contribution in [-0.2, 0) is 4.79 Å². The number of imidazole rings is 1. The van der Waals surface area contributed by atoms with Crippen LogP contribution < -0.4 is 10.6 Å². The highest BCUT2D eigenvalue weighted by Gasteiger charge is 2.14. The lowest BCUT2D eigenvalue weighted by molar-refractivity contribution is -0.116. The first-order valence-corrected chi connectivity index (χ1v) is 7.91. The Hall–Kier alpha value is -1.56. The van der Waals surface area contributed by atoms with Gasteiger partial charge in [0.25, 0.3) is 0 Å². The summed E-state index contributed by atoms with van der Waals surface area (Å²) in [6.45, 7) is 2.16. The van der Waals surface area contributed by atoms with Crippen LogP contribution >= 0.6 is 24.8 Å². The van der Waals surface area contributed by atoms with Gasteiger partial charge in [0, 0.05) is 30.1 Å². The highest BCUT2D eigenvalue weighted by molar-refractivity contribution is 5.91. The summed E-state index contributed by atoms with van der Waals surface area (Å²) in [5, 5.41) is 6.34. The number of nitrogens with zero attached hydrogens (tertiary/aromatic N) is 1. The van der Waals surface area contributed by atoms with E-state index in [1.165, 1.54) is 12.8 Å². The number of anilines is 1. The summed E-state index contributed by atoms with van der Waals surface area (Å²) in [6, 6.07) is 7.76. The molecule has 0 radical (unpaired) electrons. The second kappa shape index (κ2) is 10.3. The number of halogens is 2. The van der Waals surface area contributed by atoms with E-state index in [2.05, 4.69) is 20.6 Å². The molecule has 1 saturated heterocycles. The van der Waals surface area contributed by atoms with Crippen LogP contribution in [0.5, 0.6) is 0 Å². The topological polar surface area (TPSA) is 69.8 Å². The number of amides is 1. The summed E-state index contributed by atoms with van der Waals surface area (Å²) in [5.41, 5.74) is 1.80. The molecule has 0 atom stereocenters. The van der Waals surface area contributed by atoms with Crippen molar-refractivity contribution in [2.24, 2.45) is 5.92 Å². The third-order valence-corrected chi connectivity index (χ3v) is 4.16. The third kappa shape index (κ3) is 5.82. The molecule has 1 aromatic carbocycles. The summed E-state index contributed by atoms with van der Waals surface area (Å²) < 4.78 is 0. The summed E-state index contributed by atoms with van der Waals surface area (Å²) >= 11 is 0. The van der Waals surface area contributed by atoms with Gasteiger partial charge in [-0.1, -0.05) is 12.1 Å². The van der Waals surface area contributed by atoms with E-state index < -0.39 is 0 Å².